The lowest BCUT2D eigenvalue weighted by molar-refractivity contribution is 0.415. The van der Waals surface area contributed by atoms with E-state index in [0.29, 0.717) is 4.80 Å². The van der Waals surface area contributed by atoms with E-state index >= 15 is 0 Å². The molecule has 0 aliphatic rings. The van der Waals surface area contributed by atoms with E-state index in [1.54, 1.807) is 7.11 Å². The third-order valence-electron chi connectivity index (χ3n) is 2.59. The summed E-state index contributed by atoms with van der Waals surface area (Å²) < 4.78 is 7.03. The van der Waals surface area contributed by atoms with Crippen LogP contribution >= 0.6 is 11.3 Å². The third kappa shape index (κ3) is 1.76. The molecule has 0 saturated heterocycles. The maximum atomic E-state index is 7.77. The first-order valence-electron chi connectivity index (χ1n) is 4.99. The molecular formula is C12H14N2OS. The summed E-state index contributed by atoms with van der Waals surface area (Å²) in [5, 5.41) is 7.77. The predicted octanol–water partition coefficient (Wildman–Crippen LogP) is 2.55. The molecule has 1 N–H and O–H groups in total. The van der Waals surface area contributed by atoms with Crippen LogP contribution < -0.4 is 9.54 Å². The average Bonchev–Trinajstić information content (AvgIpc) is 2.54. The van der Waals surface area contributed by atoms with Gasteiger partial charge in [0, 0.05) is 11.9 Å². The summed E-state index contributed by atoms with van der Waals surface area (Å²) in [5.41, 5.74) is 2.23. The second kappa shape index (κ2) is 4.14. The maximum Gasteiger partial charge on any atom is 0.182 e. The number of benzene rings is 1. The number of hydrogen-bond donors (Lipinski definition) is 1. The van der Waals surface area contributed by atoms with Gasteiger partial charge in [0.05, 0.1) is 12.8 Å². The predicted molar refractivity (Wildman–Crippen MR) is 65.9 cm³/mol. The van der Waals surface area contributed by atoms with Gasteiger partial charge in [-0.25, -0.2) is 0 Å². The van der Waals surface area contributed by atoms with Gasteiger partial charge in [-0.05, 0) is 36.8 Å². The van der Waals surface area contributed by atoms with Crippen molar-refractivity contribution < 1.29 is 4.74 Å². The fourth-order valence-electron chi connectivity index (χ4n) is 1.75. The number of nitrogens with one attached hydrogen (secondary N) is 1. The molecule has 84 valence electrons. The molecule has 1 aromatic heterocycles. The number of nitrogens with zero attached hydrogens (tertiary/aromatic N) is 1. The molecule has 0 spiro atoms. The van der Waals surface area contributed by atoms with Gasteiger partial charge in [0.25, 0.3) is 0 Å². The molecule has 0 amide bonds. The highest BCUT2D eigenvalue weighted by atomic mass is 32.1. The van der Waals surface area contributed by atoms with Crippen molar-refractivity contribution in [1.82, 2.24) is 4.57 Å². The molecule has 0 aliphatic carbocycles. The topological polar surface area (TPSA) is 38.0 Å². The highest BCUT2D eigenvalue weighted by Gasteiger charge is 2.08. The molecule has 2 aromatic rings. The van der Waals surface area contributed by atoms with Crippen molar-refractivity contribution in [3.8, 4) is 17.0 Å². The summed E-state index contributed by atoms with van der Waals surface area (Å²) in [6.07, 6.45) is 0. The van der Waals surface area contributed by atoms with Crippen molar-refractivity contribution in [3.05, 3.63) is 33.9 Å². The maximum absolute atomic E-state index is 7.77. The minimum Gasteiger partial charge on any atom is -0.497 e. The Hall–Kier alpha value is -1.55. The number of aryl methyl sites for hydroxylation is 1. The van der Waals surface area contributed by atoms with E-state index in [1.807, 2.05) is 42.8 Å². The largest absolute Gasteiger partial charge is 0.497 e. The van der Waals surface area contributed by atoms with Crippen molar-refractivity contribution in [2.45, 2.75) is 6.92 Å². The number of thiazole rings is 1. The van der Waals surface area contributed by atoms with E-state index in [1.165, 1.54) is 11.3 Å². The van der Waals surface area contributed by atoms with Crippen LogP contribution in [0.25, 0.3) is 11.3 Å². The van der Waals surface area contributed by atoms with Gasteiger partial charge in [0.1, 0.15) is 5.75 Å². The average molecular weight is 234 g/mol. The quantitative estimate of drug-likeness (QED) is 0.852. The zero-order chi connectivity index (χ0) is 11.7. The van der Waals surface area contributed by atoms with Crippen LogP contribution in [0.2, 0.25) is 0 Å². The van der Waals surface area contributed by atoms with E-state index in [4.69, 9.17) is 10.1 Å². The van der Waals surface area contributed by atoms with Crippen LogP contribution in [0.1, 0.15) is 4.88 Å². The molecule has 0 unspecified atom stereocenters. The molecule has 1 aromatic carbocycles. The first kappa shape index (κ1) is 11.0. The molecule has 1 heterocycles. The number of ether oxygens (including phenoxy) is 1. The van der Waals surface area contributed by atoms with Gasteiger partial charge in [-0.1, -0.05) is 0 Å². The summed E-state index contributed by atoms with van der Waals surface area (Å²) in [6.45, 7) is 2.04. The van der Waals surface area contributed by atoms with Gasteiger partial charge < -0.3 is 9.30 Å². The Balaban J connectivity index is 2.54. The van der Waals surface area contributed by atoms with Crippen molar-refractivity contribution >= 4 is 11.3 Å². The van der Waals surface area contributed by atoms with Crippen molar-refractivity contribution in [3.63, 3.8) is 0 Å². The Morgan fingerprint density at radius 2 is 1.88 bits per heavy atom. The van der Waals surface area contributed by atoms with Crippen LogP contribution in [0.15, 0.2) is 24.3 Å². The monoisotopic (exact) mass is 234 g/mol. The Bertz CT molecular complexity index is 551. The minimum atomic E-state index is 0.573. The fourth-order valence-corrected chi connectivity index (χ4v) is 2.62. The van der Waals surface area contributed by atoms with Gasteiger partial charge >= 0.3 is 0 Å². The number of hydrogen-bond acceptors (Lipinski definition) is 3. The van der Waals surface area contributed by atoms with Gasteiger partial charge in [0.15, 0.2) is 4.80 Å². The molecule has 0 aliphatic heterocycles. The highest BCUT2D eigenvalue weighted by Crippen LogP contribution is 2.25. The minimum absolute atomic E-state index is 0.573. The highest BCUT2D eigenvalue weighted by molar-refractivity contribution is 7.09. The van der Waals surface area contributed by atoms with E-state index in [2.05, 4.69) is 0 Å². The first-order valence-corrected chi connectivity index (χ1v) is 5.80. The summed E-state index contributed by atoms with van der Waals surface area (Å²) in [6, 6.07) is 7.92. The molecule has 16 heavy (non-hydrogen) atoms. The van der Waals surface area contributed by atoms with E-state index in [-0.39, 0.29) is 0 Å². The van der Waals surface area contributed by atoms with Crippen molar-refractivity contribution in [2.75, 3.05) is 7.11 Å². The zero-order valence-corrected chi connectivity index (χ0v) is 10.4. The molecule has 2 rings (SSSR count). The molecule has 3 nitrogen and oxygen atoms in total. The number of aromatic nitrogens is 1. The van der Waals surface area contributed by atoms with Gasteiger partial charge in [0.2, 0.25) is 0 Å². The summed E-state index contributed by atoms with van der Waals surface area (Å²) in [5.74, 6) is 0.852. The lowest BCUT2D eigenvalue weighted by Crippen LogP contribution is -2.08. The number of methoxy groups -OCH3 is 1. The van der Waals surface area contributed by atoms with Crippen LogP contribution in [-0.4, -0.2) is 11.7 Å². The first-order chi connectivity index (χ1) is 7.63. The molecule has 0 bridgehead atoms. The van der Waals surface area contributed by atoms with Crippen LogP contribution in [0.5, 0.6) is 5.75 Å². The lowest BCUT2D eigenvalue weighted by atomic mass is 10.1. The normalized spacial score (nSPS) is 10.4. The molecule has 0 fully saturated rings. The molecule has 4 heteroatoms. The van der Waals surface area contributed by atoms with Crippen LogP contribution in [-0.2, 0) is 7.05 Å². The van der Waals surface area contributed by atoms with Gasteiger partial charge in [-0.2, -0.15) is 0 Å². The second-order valence-electron chi connectivity index (χ2n) is 3.60. The summed E-state index contributed by atoms with van der Waals surface area (Å²) in [4.78, 5) is 1.74. The van der Waals surface area contributed by atoms with Crippen molar-refractivity contribution in [2.24, 2.45) is 7.05 Å². The SMILES string of the molecule is COc1ccc(-c2c(C)sc(=N)n2C)cc1. The smallest absolute Gasteiger partial charge is 0.182 e. The van der Waals surface area contributed by atoms with Crippen LogP contribution in [0, 0.1) is 12.3 Å². The van der Waals surface area contributed by atoms with E-state index in [9.17, 15) is 0 Å². The number of rotatable bonds is 2. The van der Waals surface area contributed by atoms with E-state index < -0.39 is 0 Å². The lowest BCUT2D eigenvalue weighted by Gasteiger charge is -2.05. The zero-order valence-electron chi connectivity index (χ0n) is 9.57. The Morgan fingerprint density at radius 1 is 1.25 bits per heavy atom. The second-order valence-corrected chi connectivity index (χ2v) is 4.80. The summed E-state index contributed by atoms with van der Waals surface area (Å²) >= 11 is 1.50. The molecular weight excluding hydrogens is 220 g/mol. The molecule has 0 atom stereocenters. The van der Waals surface area contributed by atoms with Crippen molar-refractivity contribution in [1.29, 1.82) is 5.41 Å². The van der Waals surface area contributed by atoms with Crippen LogP contribution in [0.4, 0.5) is 0 Å². The Kier molecular flexibility index (Phi) is 2.83. The fraction of sp³-hybridized carbons (Fsp3) is 0.250. The standard InChI is InChI=1S/C12H14N2OS/c1-8-11(14(2)12(13)16-8)9-4-6-10(15-3)7-5-9/h4-7,13H,1-3H3. The van der Waals surface area contributed by atoms with Gasteiger partial charge in [-0.15, -0.1) is 11.3 Å². The third-order valence-corrected chi connectivity index (χ3v) is 3.55. The molecule has 0 radical (unpaired) electrons. The Morgan fingerprint density at radius 3 is 2.31 bits per heavy atom. The summed E-state index contributed by atoms with van der Waals surface area (Å²) in [7, 11) is 3.58. The van der Waals surface area contributed by atoms with Crippen LogP contribution in [0.3, 0.4) is 0 Å². The van der Waals surface area contributed by atoms with Gasteiger partial charge in [-0.3, -0.25) is 5.41 Å². The van der Waals surface area contributed by atoms with E-state index in [0.717, 1.165) is 21.9 Å². The molecule has 0 saturated carbocycles. The Labute approximate surface area is 98.5 Å².